The zero-order valence-corrected chi connectivity index (χ0v) is 13.5. The van der Waals surface area contributed by atoms with Crippen LogP contribution >= 0.6 is 27.5 Å². The van der Waals surface area contributed by atoms with E-state index in [1.165, 1.54) is 0 Å². The van der Waals surface area contributed by atoms with Gasteiger partial charge in [-0.3, -0.25) is 5.32 Å². The molecule has 2 unspecified atom stereocenters. The minimum absolute atomic E-state index is 0.0721. The van der Waals surface area contributed by atoms with Crippen LogP contribution in [0.2, 0.25) is 5.02 Å². The number of nitrogens with one attached hydrogen (secondary N) is 1. The Morgan fingerprint density at radius 2 is 2.40 bits per heavy atom. The quantitative estimate of drug-likeness (QED) is 0.845. The van der Waals surface area contributed by atoms with Crippen LogP contribution in [0.1, 0.15) is 25.3 Å². The molecular formula is C14H17BrClNO3. The molecule has 1 saturated heterocycles. The number of carboxylic acids is 1. The van der Waals surface area contributed by atoms with E-state index in [0.29, 0.717) is 17.1 Å². The van der Waals surface area contributed by atoms with Crippen molar-refractivity contribution >= 4 is 33.5 Å². The van der Waals surface area contributed by atoms with Gasteiger partial charge in [0.15, 0.2) is 0 Å². The summed E-state index contributed by atoms with van der Waals surface area (Å²) in [6, 6.07) is 5.21. The highest BCUT2D eigenvalue weighted by atomic mass is 79.9. The van der Waals surface area contributed by atoms with E-state index in [2.05, 4.69) is 21.2 Å². The number of halogens is 2. The predicted octanol–water partition coefficient (Wildman–Crippen LogP) is 3.17. The van der Waals surface area contributed by atoms with E-state index in [-0.39, 0.29) is 6.10 Å². The van der Waals surface area contributed by atoms with Crippen molar-refractivity contribution in [2.24, 2.45) is 0 Å². The van der Waals surface area contributed by atoms with Gasteiger partial charge >= 0.3 is 5.97 Å². The van der Waals surface area contributed by atoms with Crippen LogP contribution in [0.4, 0.5) is 0 Å². The van der Waals surface area contributed by atoms with E-state index in [1.54, 1.807) is 25.1 Å². The maximum absolute atomic E-state index is 11.7. The Labute approximate surface area is 131 Å². The first-order valence-electron chi connectivity index (χ1n) is 6.49. The largest absolute Gasteiger partial charge is 0.480 e. The highest BCUT2D eigenvalue weighted by Gasteiger charge is 2.37. The second-order valence-electron chi connectivity index (χ2n) is 5.07. The minimum atomic E-state index is -1.23. The van der Waals surface area contributed by atoms with Crippen molar-refractivity contribution in [1.29, 1.82) is 0 Å². The van der Waals surface area contributed by atoms with Gasteiger partial charge in [-0.2, -0.15) is 0 Å². The molecule has 1 aromatic rings. The lowest BCUT2D eigenvalue weighted by atomic mass is 9.91. The van der Waals surface area contributed by atoms with Gasteiger partial charge < -0.3 is 9.84 Å². The highest BCUT2D eigenvalue weighted by molar-refractivity contribution is 9.10. The zero-order chi connectivity index (χ0) is 14.8. The fourth-order valence-electron chi connectivity index (χ4n) is 2.30. The van der Waals surface area contributed by atoms with Crippen LogP contribution < -0.4 is 5.32 Å². The molecule has 110 valence electrons. The van der Waals surface area contributed by atoms with Crippen molar-refractivity contribution in [3.63, 3.8) is 0 Å². The third kappa shape index (κ3) is 3.34. The molecule has 0 bridgehead atoms. The second-order valence-corrected chi connectivity index (χ2v) is 6.39. The van der Waals surface area contributed by atoms with Gasteiger partial charge in [-0.25, -0.2) is 4.79 Å². The molecule has 2 rings (SSSR count). The first kappa shape index (κ1) is 15.8. The summed E-state index contributed by atoms with van der Waals surface area (Å²) >= 11 is 9.51. The number of rotatable bonds is 5. The topological polar surface area (TPSA) is 58.6 Å². The number of hydrogen-bond donors (Lipinski definition) is 2. The van der Waals surface area contributed by atoms with E-state index in [4.69, 9.17) is 16.3 Å². The standard InChI is InChI=1S/C14H17BrClNO3/c1-14(13(18)19,17-8-10-3-2-6-20-10)11-5-4-9(15)7-12(11)16/h4-5,7,10,17H,2-3,6,8H2,1H3,(H,18,19). The molecule has 0 saturated carbocycles. The fourth-order valence-corrected chi connectivity index (χ4v) is 3.17. The molecule has 2 N–H and O–H groups in total. The van der Waals surface area contributed by atoms with Gasteiger partial charge in [0.05, 0.1) is 6.10 Å². The summed E-state index contributed by atoms with van der Waals surface area (Å²) in [5.74, 6) is -0.959. The fraction of sp³-hybridized carbons (Fsp3) is 0.500. The molecule has 20 heavy (non-hydrogen) atoms. The molecule has 1 aliphatic rings. The Morgan fingerprint density at radius 3 is 2.95 bits per heavy atom. The molecular weight excluding hydrogens is 346 g/mol. The Hall–Kier alpha value is -0.620. The molecule has 1 aliphatic heterocycles. The summed E-state index contributed by atoms with van der Waals surface area (Å²) in [5.41, 5.74) is -0.683. The predicted molar refractivity (Wildman–Crippen MR) is 81.1 cm³/mol. The van der Waals surface area contributed by atoms with Crippen molar-refractivity contribution in [3.8, 4) is 0 Å². The van der Waals surface area contributed by atoms with E-state index < -0.39 is 11.5 Å². The third-order valence-electron chi connectivity index (χ3n) is 3.60. The summed E-state index contributed by atoms with van der Waals surface area (Å²) in [7, 11) is 0. The van der Waals surface area contributed by atoms with Crippen molar-refractivity contribution in [2.45, 2.75) is 31.4 Å². The molecule has 0 radical (unpaired) electrons. The van der Waals surface area contributed by atoms with E-state index in [0.717, 1.165) is 23.9 Å². The monoisotopic (exact) mass is 361 g/mol. The molecule has 0 amide bonds. The van der Waals surface area contributed by atoms with Crippen LogP contribution in [0.25, 0.3) is 0 Å². The molecule has 4 nitrogen and oxygen atoms in total. The lowest BCUT2D eigenvalue weighted by Gasteiger charge is -2.29. The molecule has 2 atom stereocenters. The van der Waals surface area contributed by atoms with Gasteiger partial charge in [0, 0.05) is 28.2 Å². The number of carbonyl (C=O) groups is 1. The SMILES string of the molecule is CC(NCC1CCCO1)(C(=O)O)c1ccc(Br)cc1Cl. The number of aliphatic carboxylic acids is 1. The number of carboxylic acid groups (broad SMARTS) is 1. The Morgan fingerprint density at radius 1 is 1.65 bits per heavy atom. The number of ether oxygens (including phenoxy) is 1. The summed E-state index contributed by atoms with van der Waals surface area (Å²) in [6.07, 6.45) is 2.05. The van der Waals surface area contributed by atoms with Gasteiger partial charge in [0.2, 0.25) is 0 Å². The van der Waals surface area contributed by atoms with Crippen molar-refractivity contribution in [2.75, 3.05) is 13.2 Å². The van der Waals surface area contributed by atoms with Gasteiger partial charge in [-0.05, 0) is 31.9 Å². The number of hydrogen-bond acceptors (Lipinski definition) is 3. The van der Waals surface area contributed by atoms with Crippen molar-refractivity contribution in [1.82, 2.24) is 5.32 Å². The minimum Gasteiger partial charge on any atom is -0.480 e. The Balaban J connectivity index is 2.21. The molecule has 6 heteroatoms. The summed E-state index contributed by atoms with van der Waals surface area (Å²) in [5, 5.41) is 13.1. The average molecular weight is 363 g/mol. The highest BCUT2D eigenvalue weighted by Crippen LogP contribution is 2.31. The maximum atomic E-state index is 11.7. The molecule has 0 aliphatic carbocycles. The van der Waals surface area contributed by atoms with Gasteiger partial charge in [-0.1, -0.05) is 33.6 Å². The first-order chi connectivity index (χ1) is 9.43. The van der Waals surface area contributed by atoms with Gasteiger partial charge in [0.25, 0.3) is 0 Å². The van der Waals surface area contributed by atoms with E-state index in [9.17, 15) is 9.90 Å². The lowest BCUT2D eigenvalue weighted by Crippen LogP contribution is -2.49. The Kier molecular flexibility index (Phi) is 5.07. The van der Waals surface area contributed by atoms with Crippen molar-refractivity contribution in [3.05, 3.63) is 33.3 Å². The molecule has 0 spiro atoms. The smallest absolute Gasteiger partial charge is 0.328 e. The van der Waals surface area contributed by atoms with Crippen LogP contribution in [0.5, 0.6) is 0 Å². The van der Waals surface area contributed by atoms with Gasteiger partial charge in [0.1, 0.15) is 5.54 Å². The van der Waals surface area contributed by atoms with Crippen LogP contribution in [0, 0.1) is 0 Å². The second kappa shape index (κ2) is 6.43. The average Bonchev–Trinajstić information content (AvgIpc) is 2.88. The maximum Gasteiger partial charge on any atom is 0.328 e. The van der Waals surface area contributed by atoms with Crippen LogP contribution in [-0.4, -0.2) is 30.3 Å². The van der Waals surface area contributed by atoms with Gasteiger partial charge in [-0.15, -0.1) is 0 Å². The number of benzene rings is 1. The first-order valence-corrected chi connectivity index (χ1v) is 7.66. The Bertz CT molecular complexity index is 505. The van der Waals surface area contributed by atoms with E-state index >= 15 is 0 Å². The van der Waals surface area contributed by atoms with Crippen LogP contribution in [0.15, 0.2) is 22.7 Å². The summed E-state index contributed by atoms with van der Waals surface area (Å²) in [6.45, 7) is 2.86. The normalized spacial score (nSPS) is 21.6. The van der Waals surface area contributed by atoms with E-state index in [1.807, 2.05) is 0 Å². The van der Waals surface area contributed by atoms with Crippen LogP contribution in [0.3, 0.4) is 0 Å². The molecule has 1 aromatic carbocycles. The zero-order valence-electron chi connectivity index (χ0n) is 11.2. The molecule has 1 heterocycles. The van der Waals surface area contributed by atoms with Crippen LogP contribution in [-0.2, 0) is 15.1 Å². The summed E-state index contributed by atoms with van der Waals surface area (Å²) < 4.78 is 6.34. The third-order valence-corrected chi connectivity index (χ3v) is 4.41. The molecule has 0 aromatic heterocycles. The lowest BCUT2D eigenvalue weighted by molar-refractivity contribution is -0.144. The molecule has 1 fully saturated rings. The summed E-state index contributed by atoms with van der Waals surface area (Å²) in [4.78, 5) is 11.7. The van der Waals surface area contributed by atoms with Crippen molar-refractivity contribution < 1.29 is 14.6 Å².